The zero-order valence-electron chi connectivity index (χ0n) is 14.3. The average molecular weight is 370 g/mol. The number of ether oxygens (including phenoxy) is 1. The number of nitrogens with one attached hydrogen (secondary N) is 1. The maximum absolute atomic E-state index is 11.9. The largest absolute Gasteiger partial charge is 0.457 e. The summed E-state index contributed by atoms with van der Waals surface area (Å²) >= 11 is 6.29. The van der Waals surface area contributed by atoms with Gasteiger partial charge >= 0.3 is 0 Å². The number of thiocarbonyl (C=S) groups is 1. The number of hydrogen-bond donors (Lipinski definition) is 1. The van der Waals surface area contributed by atoms with Crippen molar-refractivity contribution in [3.63, 3.8) is 0 Å². The predicted molar refractivity (Wildman–Crippen MR) is 108 cm³/mol. The van der Waals surface area contributed by atoms with Gasteiger partial charge in [-0.3, -0.25) is 4.79 Å². The molecule has 0 spiro atoms. The van der Waals surface area contributed by atoms with Crippen molar-refractivity contribution >= 4 is 40.3 Å². The molecule has 2 aromatic rings. The van der Waals surface area contributed by atoms with Gasteiger partial charge in [0.2, 0.25) is 0 Å². The zero-order valence-corrected chi connectivity index (χ0v) is 16.0. The Kier molecular flexibility index (Phi) is 4.97. The van der Waals surface area contributed by atoms with Crippen LogP contribution in [0.3, 0.4) is 0 Å². The summed E-state index contributed by atoms with van der Waals surface area (Å²) in [6, 6.07) is 15.7. The van der Waals surface area contributed by atoms with Crippen molar-refractivity contribution in [2.45, 2.75) is 26.2 Å². The molecule has 1 aliphatic rings. The Balaban J connectivity index is 1.86. The molecule has 0 aromatic heterocycles. The Morgan fingerprint density at radius 2 is 1.76 bits per heavy atom. The van der Waals surface area contributed by atoms with Gasteiger partial charge in [0, 0.05) is 5.56 Å². The van der Waals surface area contributed by atoms with Gasteiger partial charge in [-0.2, -0.15) is 0 Å². The third-order valence-electron chi connectivity index (χ3n) is 3.80. The van der Waals surface area contributed by atoms with E-state index < -0.39 is 0 Å². The summed E-state index contributed by atoms with van der Waals surface area (Å²) in [6.45, 7) is 6.54. The van der Waals surface area contributed by atoms with E-state index in [-0.39, 0.29) is 11.3 Å². The monoisotopic (exact) mass is 369 g/mol. The molecule has 2 aromatic carbocycles. The maximum atomic E-state index is 11.9. The molecule has 1 aliphatic heterocycles. The van der Waals surface area contributed by atoms with E-state index in [4.69, 9.17) is 17.0 Å². The summed E-state index contributed by atoms with van der Waals surface area (Å²) in [5, 5.41) is 2.62. The van der Waals surface area contributed by atoms with Gasteiger partial charge in [-0.1, -0.05) is 75.1 Å². The summed E-state index contributed by atoms with van der Waals surface area (Å²) in [5.74, 6) is 1.29. The van der Waals surface area contributed by atoms with Crippen molar-refractivity contribution in [1.82, 2.24) is 5.32 Å². The molecule has 1 fully saturated rings. The van der Waals surface area contributed by atoms with Gasteiger partial charge in [0.1, 0.15) is 15.8 Å². The second kappa shape index (κ2) is 7.02. The van der Waals surface area contributed by atoms with E-state index >= 15 is 0 Å². The van der Waals surface area contributed by atoms with Crippen LogP contribution in [0.2, 0.25) is 0 Å². The normalized spacial score (nSPS) is 16.2. The van der Waals surface area contributed by atoms with Crippen LogP contribution < -0.4 is 10.1 Å². The van der Waals surface area contributed by atoms with Gasteiger partial charge in [-0.15, -0.1) is 0 Å². The van der Waals surface area contributed by atoms with Crippen molar-refractivity contribution in [3.05, 3.63) is 64.6 Å². The summed E-state index contributed by atoms with van der Waals surface area (Å²) in [6.07, 6.45) is 1.80. The lowest BCUT2D eigenvalue weighted by Gasteiger charge is -2.19. The van der Waals surface area contributed by atoms with Crippen molar-refractivity contribution in [3.8, 4) is 11.5 Å². The molecule has 25 heavy (non-hydrogen) atoms. The van der Waals surface area contributed by atoms with E-state index in [1.54, 1.807) is 6.08 Å². The number of thioether (sulfide) groups is 1. The van der Waals surface area contributed by atoms with Crippen molar-refractivity contribution in [2.24, 2.45) is 0 Å². The van der Waals surface area contributed by atoms with Gasteiger partial charge in [0.25, 0.3) is 5.91 Å². The van der Waals surface area contributed by atoms with Crippen LogP contribution in [0.4, 0.5) is 0 Å². The summed E-state index contributed by atoms with van der Waals surface area (Å²) in [4.78, 5) is 12.4. The number of benzene rings is 2. The quantitative estimate of drug-likeness (QED) is 0.591. The first-order valence-corrected chi connectivity index (χ1v) is 9.18. The highest BCUT2D eigenvalue weighted by atomic mass is 32.2. The molecule has 1 saturated heterocycles. The fourth-order valence-corrected chi connectivity index (χ4v) is 3.44. The van der Waals surface area contributed by atoms with Crippen molar-refractivity contribution in [2.75, 3.05) is 0 Å². The Hall–Kier alpha value is -2.11. The van der Waals surface area contributed by atoms with Gasteiger partial charge in [0.05, 0.1) is 4.91 Å². The van der Waals surface area contributed by atoms with Crippen LogP contribution >= 0.6 is 24.0 Å². The number of carbonyl (C=O) groups is 1. The lowest BCUT2D eigenvalue weighted by Crippen LogP contribution is -2.17. The van der Waals surface area contributed by atoms with E-state index in [9.17, 15) is 4.79 Å². The Morgan fingerprint density at radius 3 is 2.36 bits per heavy atom. The van der Waals surface area contributed by atoms with E-state index in [2.05, 4.69) is 38.2 Å². The SMILES string of the molecule is CC(C)(C)c1ccc(Oc2ccccc2/C=C2\SC(=S)NC2=O)cc1. The number of rotatable bonds is 3. The second-order valence-corrected chi connectivity index (χ2v) is 8.49. The standard InChI is InChI=1S/C20H19NO2S2/c1-20(2,3)14-8-10-15(11-9-14)23-16-7-5-4-6-13(16)12-17-18(22)21-19(24)25-17/h4-12H,1-3H3,(H,21,22,24)/b17-12-. The van der Waals surface area contributed by atoms with Crippen LogP contribution in [0.5, 0.6) is 11.5 Å². The molecule has 0 unspecified atom stereocenters. The lowest BCUT2D eigenvalue weighted by atomic mass is 9.87. The van der Waals surface area contributed by atoms with E-state index in [1.165, 1.54) is 17.3 Å². The molecule has 3 rings (SSSR count). The summed E-state index contributed by atoms with van der Waals surface area (Å²) in [5.41, 5.74) is 2.19. The maximum Gasteiger partial charge on any atom is 0.263 e. The minimum absolute atomic E-state index is 0.104. The first-order chi connectivity index (χ1) is 11.8. The second-order valence-electron chi connectivity index (χ2n) is 6.77. The Labute approximate surface area is 157 Å². The third kappa shape index (κ3) is 4.30. The molecular formula is C20H19NO2S2. The first kappa shape index (κ1) is 17.7. The topological polar surface area (TPSA) is 38.3 Å². The van der Waals surface area contributed by atoms with Gasteiger partial charge < -0.3 is 10.1 Å². The molecule has 0 atom stereocenters. The van der Waals surface area contributed by atoms with Crippen LogP contribution in [0.25, 0.3) is 6.08 Å². The molecule has 5 heteroatoms. The van der Waals surface area contributed by atoms with Crippen LogP contribution in [0, 0.1) is 0 Å². The highest BCUT2D eigenvalue weighted by Gasteiger charge is 2.22. The molecule has 1 heterocycles. The molecule has 0 radical (unpaired) electrons. The molecule has 3 nitrogen and oxygen atoms in total. The zero-order chi connectivity index (χ0) is 18.0. The summed E-state index contributed by atoms with van der Waals surface area (Å²) in [7, 11) is 0. The average Bonchev–Trinajstić information content (AvgIpc) is 2.86. The number of para-hydroxylation sites is 1. The van der Waals surface area contributed by atoms with E-state index in [0.717, 1.165) is 11.3 Å². The first-order valence-electron chi connectivity index (χ1n) is 7.95. The van der Waals surface area contributed by atoms with Crippen LogP contribution in [-0.2, 0) is 10.2 Å². The highest BCUT2D eigenvalue weighted by molar-refractivity contribution is 8.26. The summed E-state index contributed by atoms with van der Waals surface area (Å²) < 4.78 is 6.51. The molecule has 0 saturated carbocycles. The number of hydrogen-bond acceptors (Lipinski definition) is 4. The fourth-order valence-electron chi connectivity index (χ4n) is 2.40. The molecule has 128 valence electrons. The fraction of sp³-hybridized carbons (Fsp3) is 0.200. The van der Waals surface area contributed by atoms with E-state index in [0.29, 0.717) is 15.0 Å². The number of carbonyl (C=O) groups excluding carboxylic acids is 1. The molecule has 1 amide bonds. The highest BCUT2D eigenvalue weighted by Crippen LogP contribution is 2.32. The van der Waals surface area contributed by atoms with Crippen LogP contribution in [0.1, 0.15) is 31.9 Å². The van der Waals surface area contributed by atoms with Crippen LogP contribution in [0.15, 0.2) is 53.4 Å². The molecule has 1 N–H and O–H groups in total. The third-order valence-corrected chi connectivity index (χ3v) is 4.96. The molecule has 0 bridgehead atoms. The Bertz CT molecular complexity index is 849. The molecule has 0 aliphatic carbocycles. The Morgan fingerprint density at radius 1 is 1.08 bits per heavy atom. The molecular weight excluding hydrogens is 350 g/mol. The van der Waals surface area contributed by atoms with Crippen LogP contribution in [-0.4, -0.2) is 10.2 Å². The lowest BCUT2D eigenvalue weighted by molar-refractivity contribution is -0.115. The minimum atomic E-state index is -0.167. The smallest absolute Gasteiger partial charge is 0.263 e. The number of amides is 1. The van der Waals surface area contributed by atoms with Gasteiger partial charge in [-0.25, -0.2) is 0 Å². The predicted octanol–water partition coefficient (Wildman–Crippen LogP) is 5.27. The van der Waals surface area contributed by atoms with E-state index in [1.807, 2.05) is 36.4 Å². The van der Waals surface area contributed by atoms with Gasteiger partial charge in [-0.05, 0) is 35.3 Å². The van der Waals surface area contributed by atoms with Crippen molar-refractivity contribution in [1.29, 1.82) is 0 Å². The van der Waals surface area contributed by atoms with Gasteiger partial charge in [0.15, 0.2) is 0 Å². The minimum Gasteiger partial charge on any atom is -0.457 e. The van der Waals surface area contributed by atoms with Crippen molar-refractivity contribution < 1.29 is 9.53 Å².